The molecule has 3 rings (SSSR count). The molecule has 1 unspecified atom stereocenters. The first-order valence-corrected chi connectivity index (χ1v) is 9.02. The molecule has 2 amide bonds. The lowest BCUT2D eigenvalue weighted by atomic mass is 9.95. The second-order valence-electron chi connectivity index (χ2n) is 7.23. The maximum absolute atomic E-state index is 12.5. The Hall–Kier alpha value is -1.95. The van der Waals surface area contributed by atoms with Gasteiger partial charge in [-0.15, -0.1) is 0 Å². The molecule has 2 heterocycles. The van der Waals surface area contributed by atoms with Crippen molar-refractivity contribution in [1.29, 1.82) is 0 Å². The number of carbonyl (C=O) groups is 2. The Morgan fingerprint density at radius 1 is 1.40 bits per heavy atom. The van der Waals surface area contributed by atoms with Crippen LogP contribution in [0.15, 0.2) is 33.2 Å². The van der Waals surface area contributed by atoms with Gasteiger partial charge in [0, 0.05) is 29.8 Å². The molecule has 1 N–H and O–H groups in total. The van der Waals surface area contributed by atoms with Gasteiger partial charge in [0.05, 0.1) is 10.4 Å². The van der Waals surface area contributed by atoms with Crippen LogP contribution >= 0.6 is 15.9 Å². The smallest absolute Gasteiger partial charge is 0.254 e. The van der Waals surface area contributed by atoms with Gasteiger partial charge in [0.2, 0.25) is 0 Å². The van der Waals surface area contributed by atoms with Crippen LogP contribution in [-0.2, 0) is 11.2 Å². The van der Waals surface area contributed by atoms with Gasteiger partial charge in [0.25, 0.3) is 11.8 Å². The Morgan fingerprint density at radius 2 is 2.12 bits per heavy atom. The topological polar surface area (TPSA) is 67.8 Å². The molecule has 132 valence electrons. The number of halogens is 1. The second-order valence-corrected chi connectivity index (χ2v) is 8.08. The van der Waals surface area contributed by atoms with E-state index in [0.29, 0.717) is 11.3 Å². The molecule has 0 spiro atoms. The summed E-state index contributed by atoms with van der Waals surface area (Å²) >= 11 is 3.49. The lowest BCUT2D eigenvalue weighted by molar-refractivity contribution is -0.120. The van der Waals surface area contributed by atoms with Crippen molar-refractivity contribution in [1.82, 2.24) is 5.32 Å². The highest BCUT2D eigenvalue weighted by molar-refractivity contribution is 9.10. The highest BCUT2D eigenvalue weighted by Gasteiger charge is 2.32. The largest absolute Gasteiger partial charge is 0.486 e. The minimum atomic E-state index is -0.396. The van der Waals surface area contributed by atoms with Crippen LogP contribution in [0.4, 0.5) is 0 Å². The Kier molecular flexibility index (Phi) is 4.58. The first kappa shape index (κ1) is 17.9. The predicted octanol–water partition coefficient (Wildman–Crippen LogP) is 3.46. The summed E-state index contributed by atoms with van der Waals surface area (Å²) in [5.41, 5.74) is 2.91. The minimum absolute atomic E-state index is 0.205. The van der Waals surface area contributed by atoms with E-state index in [1.165, 1.54) is 0 Å². The highest BCUT2D eigenvalue weighted by atomic mass is 79.9. The van der Waals surface area contributed by atoms with E-state index in [9.17, 15) is 9.59 Å². The van der Waals surface area contributed by atoms with Crippen molar-refractivity contribution in [3.63, 3.8) is 0 Å². The maximum Gasteiger partial charge on any atom is 0.254 e. The molecule has 5 nitrogen and oxygen atoms in total. The molecule has 0 saturated carbocycles. The number of allylic oxidation sites excluding steroid dienone is 1. The molecule has 0 bridgehead atoms. The monoisotopic (exact) mass is 404 g/mol. The standard InChI is InChI=1S/C19H21BrN2O3/c1-10-5-11(2)22-18(24)14(10)9-21-17(23)12-6-13-8-19(3,4)25-16(13)15(20)7-12/h5-7,14H,8-9H2,1-4H3,(H,21,23). The Bertz CT molecular complexity index is 824. The number of aliphatic imine (C=N–C) groups is 1. The molecule has 6 heteroatoms. The summed E-state index contributed by atoms with van der Waals surface area (Å²) in [5.74, 6) is -0.0106. The first-order chi connectivity index (χ1) is 11.7. The highest BCUT2D eigenvalue weighted by Crippen LogP contribution is 2.41. The number of ether oxygens (including phenoxy) is 1. The number of dihydropyridines is 1. The lowest BCUT2D eigenvalue weighted by Crippen LogP contribution is -2.34. The zero-order chi connectivity index (χ0) is 18.4. The van der Waals surface area contributed by atoms with Gasteiger partial charge in [-0.3, -0.25) is 9.59 Å². The predicted molar refractivity (Wildman–Crippen MR) is 100 cm³/mol. The molecule has 0 aliphatic carbocycles. The van der Waals surface area contributed by atoms with Crippen LogP contribution in [-0.4, -0.2) is 29.7 Å². The van der Waals surface area contributed by atoms with Gasteiger partial charge < -0.3 is 10.1 Å². The molecule has 0 radical (unpaired) electrons. The van der Waals surface area contributed by atoms with Gasteiger partial charge in [-0.25, -0.2) is 4.99 Å². The molecule has 0 aromatic heterocycles. The molecule has 0 saturated heterocycles. The van der Waals surface area contributed by atoms with Gasteiger partial charge in [-0.2, -0.15) is 0 Å². The second kappa shape index (κ2) is 6.41. The summed E-state index contributed by atoms with van der Waals surface area (Å²) in [6.07, 6.45) is 2.63. The number of rotatable bonds is 3. The van der Waals surface area contributed by atoms with Crippen molar-refractivity contribution in [2.75, 3.05) is 6.54 Å². The number of hydrogen-bond donors (Lipinski definition) is 1. The summed E-state index contributed by atoms with van der Waals surface area (Å²) in [4.78, 5) is 28.5. The van der Waals surface area contributed by atoms with Crippen molar-refractivity contribution in [3.8, 4) is 5.75 Å². The van der Waals surface area contributed by atoms with Gasteiger partial charge in [0.15, 0.2) is 0 Å². The zero-order valence-electron chi connectivity index (χ0n) is 14.8. The summed E-state index contributed by atoms with van der Waals surface area (Å²) in [7, 11) is 0. The number of nitrogens with one attached hydrogen (secondary N) is 1. The normalized spacial score (nSPS) is 21.2. The quantitative estimate of drug-likeness (QED) is 0.838. The molecule has 1 aromatic rings. The van der Waals surface area contributed by atoms with Crippen molar-refractivity contribution >= 4 is 33.5 Å². The zero-order valence-corrected chi connectivity index (χ0v) is 16.4. The minimum Gasteiger partial charge on any atom is -0.486 e. The van der Waals surface area contributed by atoms with Crippen molar-refractivity contribution in [2.45, 2.75) is 39.7 Å². The average Bonchev–Trinajstić information content (AvgIpc) is 2.80. The lowest BCUT2D eigenvalue weighted by Gasteiger charge is -2.19. The molecule has 2 aliphatic rings. The van der Waals surface area contributed by atoms with Crippen molar-refractivity contribution < 1.29 is 14.3 Å². The number of carbonyl (C=O) groups excluding carboxylic acids is 2. The van der Waals surface area contributed by atoms with E-state index < -0.39 is 5.92 Å². The number of nitrogens with zero attached hydrogens (tertiary/aromatic N) is 1. The molecular formula is C19H21BrN2O3. The number of benzene rings is 1. The van der Waals surface area contributed by atoms with Crippen LogP contribution in [0.25, 0.3) is 0 Å². The van der Waals surface area contributed by atoms with E-state index in [4.69, 9.17) is 4.74 Å². The van der Waals surface area contributed by atoms with Crippen LogP contribution in [0, 0.1) is 5.92 Å². The van der Waals surface area contributed by atoms with Gasteiger partial charge in [0.1, 0.15) is 11.4 Å². The number of amides is 2. The molecule has 0 fully saturated rings. The van der Waals surface area contributed by atoms with Gasteiger partial charge in [-0.05, 0) is 61.8 Å². The van der Waals surface area contributed by atoms with E-state index in [1.807, 2.05) is 32.9 Å². The number of fused-ring (bicyclic) bond motifs is 1. The van der Waals surface area contributed by atoms with E-state index in [2.05, 4.69) is 26.2 Å². The summed E-state index contributed by atoms with van der Waals surface area (Å²) in [6.45, 7) is 7.96. The Balaban J connectivity index is 1.72. The fraction of sp³-hybridized carbons (Fsp3) is 0.421. The summed E-state index contributed by atoms with van der Waals surface area (Å²) < 4.78 is 6.68. The van der Waals surface area contributed by atoms with Crippen molar-refractivity contribution in [2.24, 2.45) is 10.9 Å². The van der Waals surface area contributed by atoms with Crippen molar-refractivity contribution in [3.05, 3.63) is 39.4 Å². The van der Waals surface area contributed by atoms with Gasteiger partial charge in [-0.1, -0.05) is 5.57 Å². The summed E-state index contributed by atoms with van der Waals surface area (Å²) in [6, 6.07) is 3.61. The molecule has 25 heavy (non-hydrogen) atoms. The third-order valence-electron chi connectivity index (χ3n) is 4.41. The van der Waals surface area contributed by atoms with Crippen LogP contribution in [0.1, 0.15) is 43.6 Å². The number of hydrogen-bond acceptors (Lipinski definition) is 3. The van der Waals surface area contributed by atoms with E-state index in [0.717, 1.165) is 27.8 Å². The molecular weight excluding hydrogens is 384 g/mol. The van der Waals surface area contributed by atoms with E-state index >= 15 is 0 Å². The Morgan fingerprint density at radius 3 is 2.80 bits per heavy atom. The van der Waals surface area contributed by atoms with Crippen LogP contribution in [0.3, 0.4) is 0 Å². The molecule has 1 aromatic carbocycles. The first-order valence-electron chi connectivity index (χ1n) is 8.23. The van der Waals surface area contributed by atoms with E-state index in [1.54, 1.807) is 13.0 Å². The maximum atomic E-state index is 12.5. The van der Waals surface area contributed by atoms with Crippen LogP contribution in [0.2, 0.25) is 0 Å². The van der Waals surface area contributed by atoms with Gasteiger partial charge >= 0.3 is 0 Å². The SMILES string of the molecule is CC1=CC(C)=NC(=O)C1CNC(=O)c1cc(Br)c2c(c1)CC(C)(C)O2. The summed E-state index contributed by atoms with van der Waals surface area (Å²) in [5, 5.41) is 2.85. The van der Waals surface area contributed by atoms with Crippen LogP contribution in [0.5, 0.6) is 5.75 Å². The Labute approximate surface area is 155 Å². The molecule has 2 aliphatic heterocycles. The van der Waals surface area contributed by atoms with E-state index in [-0.39, 0.29) is 24.0 Å². The third-order valence-corrected chi connectivity index (χ3v) is 5.00. The van der Waals surface area contributed by atoms with Crippen LogP contribution < -0.4 is 10.1 Å². The average molecular weight is 405 g/mol. The molecule has 1 atom stereocenters. The fourth-order valence-electron chi connectivity index (χ4n) is 3.25. The third kappa shape index (κ3) is 3.68. The fourth-order valence-corrected chi connectivity index (χ4v) is 3.83.